The molecule has 0 unspecified atom stereocenters. The van der Waals surface area contributed by atoms with Crippen molar-refractivity contribution < 1.29 is 19.0 Å². The maximum absolute atomic E-state index is 12.9. The first-order valence-electron chi connectivity index (χ1n) is 14.2. The number of benzene rings is 2. The van der Waals surface area contributed by atoms with Crippen LogP contribution in [0.2, 0.25) is 0 Å². The summed E-state index contributed by atoms with van der Waals surface area (Å²) in [5.41, 5.74) is 5.62. The normalized spacial score (nSPS) is 26.3. The van der Waals surface area contributed by atoms with Crippen LogP contribution in [0.5, 0.6) is 5.75 Å². The van der Waals surface area contributed by atoms with Gasteiger partial charge in [0.2, 0.25) is 0 Å². The van der Waals surface area contributed by atoms with E-state index in [1.54, 1.807) is 14.2 Å². The molecule has 6 rings (SSSR count). The van der Waals surface area contributed by atoms with E-state index in [0.29, 0.717) is 36.8 Å². The van der Waals surface area contributed by atoms with Crippen molar-refractivity contribution in [2.75, 3.05) is 40.5 Å². The molecule has 2 saturated heterocycles. The molecule has 2 aromatic carbocycles. The first kappa shape index (κ1) is 26.4. The Balaban J connectivity index is 1.24. The topological polar surface area (TPSA) is 75.8 Å². The maximum atomic E-state index is 12.9. The number of methoxy groups -OCH3 is 2. The van der Waals surface area contributed by atoms with E-state index >= 15 is 0 Å². The van der Waals surface area contributed by atoms with E-state index in [9.17, 15) is 4.79 Å². The minimum Gasteiger partial charge on any atom is -0.496 e. The largest absolute Gasteiger partial charge is 0.496 e. The van der Waals surface area contributed by atoms with Gasteiger partial charge in [-0.2, -0.15) is 0 Å². The van der Waals surface area contributed by atoms with Crippen molar-refractivity contribution in [2.45, 2.75) is 57.7 Å². The highest BCUT2D eigenvalue weighted by molar-refractivity contribution is 5.94. The van der Waals surface area contributed by atoms with Crippen molar-refractivity contribution in [1.82, 2.24) is 15.2 Å². The predicted octanol–water partition coefficient (Wildman–Crippen LogP) is 5.38. The Morgan fingerprint density at radius 2 is 1.92 bits per heavy atom. The summed E-state index contributed by atoms with van der Waals surface area (Å²) in [6.45, 7) is 7.88. The van der Waals surface area contributed by atoms with Gasteiger partial charge in [-0.1, -0.05) is 19.1 Å². The van der Waals surface area contributed by atoms with E-state index in [0.717, 1.165) is 31.2 Å². The van der Waals surface area contributed by atoms with Gasteiger partial charge in [-0.25, -0.2) is 0 Å². The van der Waals surface area contributed by atoms with E-state index in [2.05, 4.69) is 53.3 Å². The van der Waals surface area contributed by atoms with E-state index in [-0.39, 0.29) is 5.91 Å². The molecule has 7 nitrogen and oxygen atoms in total. The molecule has 3 heterocycles. The SMILES string of the molecule is COc1cc(C)c2[nH]ccc2c1CN1CCC2(CC(C)C2)C[C@H]1c1ccc(C(=O)NCC2(OC)COC2)cc1. The number of amides is 1. The maximum Gasteiger partial charge on any atom is 0.251 e. The molecular weight excluding hydrogens is 490 g/mol. The Labute approximate surface area is 231 Å². The van der Waals surface area contributed by atoms with E-state index in [4.69, 9.17) is 14.2 Å². The van der Waals surface area contributed by atoms with Crippen molar-refractivity contribution in [3.63, 3.8) is 0 Å². The zero-order chi connectivity index (χ0) is 27.2. The van der Waals surface area contributed by atoms with Gasteiger partial charge >= 0.3 is 0 Å². The number of rotatable bonds is 8. The lowest BCUT2D eigenvalue weighted by molar-refractivity contribution is -0.191. The number of aryl methyl sites for hydroxylation is 1. The van der Waals surface area contributed by atoms with Gasteiger partial charge in [-0.15, -0.1) is 0 Å². The van der Waals surface area contributed by atoms with Crippen LogP contribution in [-0.2, 0) is 16.0 Å². The predicted molar refractivity (Wildman–Crippen MR) is 152 cm³/mol. The summed E-state index contributed by atoms with van der Waals surface area (Å²) < 4.78 is 16.7. The van der Waals surface area contributed by atoms with E-state index in [1.165, 1.54) is 46.9 Å². The van der Waals surface area contributed by atoms with Crippen LogP contribution in [0.3, 0.4) is 0 Å². The zero-order valence-electron chi connectivity index (χ0n) is 23.6. The second-order valence-electron chi connectivity index (χ2n) is 12.3. The smallest absolute Gasteiger partial charge is 0.251 e. The molecule has 208 valence electrons. The Kier molecular flexibility index (Phi) is 6.94. The lowest BCUT2D eigenvalue weighted by atomic mass is 9.56. The second-order valence-corrected chi connectivity index (χ2v) is 12.3. The quantitative estimate of drug-likeness (QED) is 0.408. The van der Waals surface area contributed by atoms with Crippen LogP contribution in [0.1, 0.15) is 65.7 Å². The highest BCUT2D eigenvalue weighted by Gasteiger charge is 2.47. The van der Waals surface area contributed by atoms with Crippen molar-refractivity contribution in [3.8, 4) is 5.75 Å². The number of piperidine rings is 1. The van der Waals surface area contributed by atoms with Crippen molar-refractivity contribution in [3.05, 3.63) is 64.8 Å². The van der Waals surface area contributed by atoms with E-state index < -0.39 is 5.60 Å². The number of fused-ring (bicyclic) bond motifs is 1. The van der Waals surface area contributed by atoms with Crippen molar-refractivity contribution in [1.29, 1.82) is 0 Å². The molecule has 1 spiro atoms. The summed E-state index contributed by atoms with van der Waals surface area (Å²) in [6, 6.07) is 12.9. The van der Waals surface area contributed by atoms with Crippen molar-refractivity contribution >= 4 is 16.8 Å². The molecule has 3 fully saturated rings. The third-order valence-corrected chi connectivity index (χ3v) is 9.54. The number of hydrogen-bond donors (Lipinski definition) is 2. The van der Waals surface area contributed by atoms with Crippen molar-refractivity contribution in [2.24, 2.45) is 11.3 Å². The van der Waals surface area contributed by atoms with Gasteiger partial charge in [0.1, 0.15) is 11.4 Å². The van der Waals surface area contributed by atoms with Crippen LogP contribution in [0.25, 0.3) is 10.9 Å². The summed E-state index contributed by atoms with van der Waals surface area (Å²) in [5, 5.41) is 4.27. The molecule has 1 aromatic heterocycles. The number of nitrogens with zero attached hydrogens (tertiary/aromatic N) is 1. The number of ether oxygens (including phenoxy) is 3. The van der Waals surface area contributed by atoms with Crippen LogP contribution >= 0.6 is 0 Å². The molecule has 39 heavy (non-hydrogen) atoms. The molecule has 0 radical (unpaired) electrons. The first-order chi connectivity index (χ1) is 18.8. The van der Waals surface area contributed by atoms with Gasteiger partial charge in [-0.3, -0.25) is 9.69 Å². The standard InChI is InChI=1S/C32H41N3O4/c1-21-14-31(15-21)10-12-35(17-26-25-9-11-33-29(25)22(2)13-28(26)37-3)27(16-31)23-5-7-24(8-6-23)30(36)34-18-32(38-4)19-39-20-32/h5-9,11,13,21,27,33H,10,12,14-20H2,1-4H3,(H,34,36)/t21?,27-,31?/m0/s1. The van der Waals surface area contributed by atoms with Gasteiger partial charge in [0, 0.05) is 47.9 Å². The van der Waals surface area contributed by atoms with Gasteiger partial charge in [0.15, 0.2) is 0 Å². The number of nitrogens with one attached hydrogen (secondary N) is 2. The van der Waals surface area contributed by atoms with Crippen LogP contribution in [-0.4, -0.2) is 61.9 Å². The highest BCUT2D eigenvalue weighted by Crippen LogP contribution is 2.56. The summed E-state index contributed by atoms with van der Waals surface area (Å²) >= 11 is 0. The molecule has 2 N–H and O–H groups in total. The average molecular weight is 532 g/mol. The Morgan fingerprint density at radius 3 is 2.56 bits per heavy atom. The number of carbonyl (C=O) groups excluding carboxylic acids is 1. The number of likely N-dealkylation sites (tertiary alicyclic amines) is 1. The monoisotopic (exact) mass is 531 g/mol. The van der Waals surface area contributed by atoms with Crippen LogP contribution < -0.4 is 10.1 Å². The number of hydrogen-bond acceptors (Lipinski definition) is 5. The molecular formula is C32H41N3O4. The third-order valence-electron chi connectivity index (χ3n) is 9.54. The number of H-pyrrole nitrogens is 1. The lowest BCUT2D eigenvalue weighted by Crippen LogP contribution is -2.58. The Hall–Kier alpha value is -2.87. The third kappa shape index (κ3) is 4.85. The van der Waals surface area contributed by atoms with Gasteiger partial charge in [0.05, 0.1) is 26.9 Å². The van der Waals surface area contributed by atoms with Gasteiger partial charge in [0.25, 0.3) is 5.91 Å². The fourth-order valence-electron chi connectivity index (χ4n) is 7.29. The van der Waals surface area contributed by atoms with E-state index in [1.807, 2.05) is 18.3 Å². The molecule has 7 heteroatoms. The summed E-state index contributed by atoms with van der Waals surface area (Å²) in [6.07, 6.45) is 7.06. The Bertz CT molecular complexity index is 1330. The molecule has 1 atom stereocenters. The van der Waals surface area contributed by atoms with Crippen LogP contribution in [0, 0.1) is 18.3 Å². The highest BCUT2D eigenvalue weighted by atomic mass is 16.6. The molecule has 0 bridgehead atoms. The summed E-state index contributed by atoms with van der Waals surface area (Å²) in [4.78, 5) is 18.9. The minimum absolute atomic E-state index is 0.0751. The Morgan fingerprint density at radius 1 is 1.15 bits per heavy atom. The molecule has 3 aliphatic rings. The summed E-state index contributed by atoms with van der Waals surface area (Å²) in [5.74, 6) is 1.69. The lowest BCUT2D eigenvalue weighted by Gasteiger charge is -2.54. The number of aromatic nitrogens is 1. The molecule has 1 saturated carbocycles. The molecule has 3 aromatic rings. The number of aromatic amines is 1. The fraction of sp³-hybridized carbons (Fsp3) is 0.531. The average Bonchev–Trinajstić information content (AvgIpc) is 3.41. The van der Waals surface area contributed by atoms with Crippen LogP contribution in [0.4, 0.5) is 0 Å². The minimum atomic E-state index is -0.394. The van der Waals surface area contributed by atoms with Crippen LogP contribution in [0.15, 0.2) is 42.6 Å². The second kappa shape index (κ2) is 10.3. The van der Waals surface area contributed by atoms with Gasteiger partial charge in [-0.05, 0) is 85.9 Å². The van der Waals surface area contributed by atoms with Gasteiger partial charge < -0.3 is 24.5 Å². The summed E-state index contributed by atoms with van der Waals surface area (Å²) in [7, 11) is 3.44. The zero-order valence-corrected chi connectivity index (χ0v) is 23.6. The number of carbonyl (C=O) groups is 1. The molecule has 1 amide bonds. The fourth-order valence-corrected chi connectivity index (χ4v) is 7.29. The molecule has 2 aliphatic heterocycles. The molecule has 1 aliphatic carbocycles. The first-order valence-corrected chi connectivity index (χ1v) is 14.2.